The Morgan fingerprint density at radius 3 is 2.68 bits per heavy atom. The molecule has 8 nitrogen and oxygen atoms in total. The van der Waals surface area contributed by atoms with E-state index in [2.05, 4.69) is 15.1 Å². The zero-order chi connectivity index (χ0) is 22.0. The van der Waals surface area contributed by atoms with Gasteiger partial charge in [0, 0.05) is 43.5 Å². The van der Waals surface area contributed by atoms with E-state index in [-0.39, 0.29) is 17.8 Å². The fourth-order valence-electron chi connectivity index (χ4n) is 5.83. The summed E-state index contributed by atoms with van der Waals surface area (Å²) >= 11 is 0. The molecule has 1 aromatic heterocycles. The number of esters is 1. The van der Waals surface area contributed by atoms with Gasteiger partial charge in [0.2, 0.25) is 5.91 Å². The number of carbonyl (C=O) groups excluding carboxylic acids is 2. The SMILES string of the molecule is CCOC(=O)[C@@]12CC[C@H](N3CCOCC3)C[C@H]1CCN(C(=O)Cc1c(C)n[nH]c1C)C2. The monoisotopic (exact) mass is 432 g/mol. The third-order valence-corrected chi connectivity index (χ3v) is 7.69. The number of hydrogen-bond donors (Lipinski definition) is 1. The van der Waals surface area contributed by atoms with Crippen molar-refractivity contribution < 1.29 is 19.1 Å². The maximum Gasteiger partial charge on any atom is 0.314 e. The Balaban J connectivity index is 1.49. The number of likely N-dealkylation sites (tertiary alicyclic amines) is 1. The van der Waals surface area contributed by atoms with Crippen molar-refractivity contribution in [2.45, 2.75) is 58.9 Å². The van der Waals surface area contributed by atoms with Crippen molar-refractivity contribution in [3.8, 4) is 0 Å². The van der Waals surface area contributed by atoms with E-state index in [9.17, 15) is 9.59 Å². The van der Waals surface area contributed by atoms with Crippen molar-refractivity contribution in [3.63, 3.8) is 0 Å². The van der Waals surface area contributed by atoms with Crippen LogP contribution >= 0.6 is 0 Å². The molecule has 3 aliphatic rings. The first-order chi connectivity index (χ1) is 14.9. The van der Waals surface area contributed by atoms with E-state index in [0.717, 1.165) is 68.9 Å². The summed E-state index contributed by atoms with van der Waals surface area (Å²) in [7, 11) is 0. The minimum Gasteiger partial charge on any atom is -0.466 e. The van der Waals surface area contributed by atoms with Crippen molar-refractivity contribution in [2.75, 3.05) is 46.0 Å². The van der Waals surface area contributed by atoms with Crippen LogP contribution < -0.4 is 0 Å². The van der Waals surface area contributed by atoms with Crippen LogP contribution in [0.15, 0.2) is 0 Å². The Morgan fingerprint density at radius 1 is 1.23 bits per heavy atom. The second-order valence-corrected chi connectivity index (χ2v) is 9.34. The molecule has 1 N–H and O–H groups in total. The molecule has 172 valence electrons. The number of amides is 1. The highest BCUT2D eigenvalue weighted by atomic mass is 16.5. The lowest BCUT2D eigenvalue weighted by molar-refractivity contribution is -0.171. The predicted molar refractivity (Wildman–Crippen MR) is 116 cm³/mol. The molecule has 1 aliphatic carbocycles. The molecular formula is C23H36N4O4. The fraction of sp³-hybridized carbons (Fsp3) is 0.783. The third-order valence-electron chi connectivity index (χ3n) is 7.69. The molecular weight excluding hydrogens is 396 g/mol. The molecule has 3 atom stereocenters. The smallest absolute Gasteiger partial charge is 0.314 e. The normalized spacial score (nSPS) is 29.5. The van der Waals surface area contributed by atoms with Crippen LogP contribution in [0.5, 0.6) is 0 Å². The van der Waals surface area contributed by atoms with Crippen LogP contribution in [0.3, 0.4) is 0 Å². The second kappa shape index (κ2) is 9.28. The van der Waals surface area contributed by atoms with Gasteiger partial charge < -0.3 is 14.4 Å². The van der Waals surface area contributed by atoms with Crippen molar-refractivity contribution in [1.82, 2.24) is 20.0 Å². The summed E-state index contributed by atoms with van der Waals surface area (Å²) in [6.45, 7) is 10.8. The number of aryl methyl sites for hydroxylation is 2. The zero-order valence-corrected chi connectivity index (χ0v) is 19.1. The Hall–Kier alpha value is -1.93. The summed E-state index contributed by atoms with van der Waals surface area (Å²) in [6.07, 6.45) is 3.94. The van der Waals surface area contributed by atoms with Crippen LogP contribution in [-0.4, -0.2) is 83.9 Å². The number of carbonyl (C=O) groups is 2. The Morgan fingerprint density at radius 2 is 2.00 bits per heavy atom. The van der Waals surface area contributed by atoms with E-state index in [1.807, 2.05) is 25.7 Å². The highest BCUT2D eigenvalue weighted by Crippen LogP contribution is 2.48. The van der Waals surface area contributed by atoms with Crippen LogP contribution in [0.2, 0.25) is 0 Å². The van der Waals surface area contributed by atoms with Gasteiger partial charge in [-0.2, -0.15) is 5.10 Å². The number of hydrogen-bond acceptors (Lipinski definition) is 6. The summed E-state index contributed by atoms with van der Waals surface area (Å²) in [5, 5.41) is 7.18. The Labute approximate surface area is 184 Å². The average molecular weight is 433 g/mol. The van der Waals surface area contributed by atoms with Gasteiger partial charge in [0.15, 0.2) is 0 Å². The molecule has 2 saturated heterocycles. The average Bonchev–Trinajstić information content (AvgIpc) is 3.11. The molecule has 0 radical (unpaired) electrons. The van der Waals surface area contributed by atoms with Gasteiger partial charge in [-0.15, -0.1) is 0 Å². The molecule has 3 fully saturated rings. The lowest BCUT2D eigenvalue weighted by Crippen LogP contribution is -2.59. The van der Waals surface area contributed by atoms with Crippen molar-refractivity contribution in [2.24, 2.45) is 11.3 Å². The maximum atomic E-state index is 13.2. The summed E-state index contributed by atoms with van der Waals surface area (Å²) < 4.78 is 11.1. The van der Waals surface area contributed by atoms with Gasteiger partial charge in [-0.3, -0.25) is 19.6 Å². The number of piperidine rings is 1. The molecule has 0 bridgehead atoms. The number of nitrogens with one attached hydrogen (secondary N) is 1. The lowest BCUT2D eigenvalue weighted by atomic mass is 9.61. The van der Waals surface area contributed by atoms with Gasteiger partial charge in [-0.05, 0) is 52.4 Å². The number of ether oxygens (including phenoxy) is 2. The maximum absolute atomic E-state index is 13.2. The molecule has 0 unspecified atom stereocenters. The van der Waals surface area contributed by atoms with Gasteiger partial charge in [0.25, 0.3) is 0 Å². The first-order valence-electron chi connectivity index (χ1n) is 11.7. The van der Waals surface area contributed by atoms with E-state index in [1.165, 1.54) is 0 Å². The first-order valence-corrected chi connectivity index (χ1v) is 11.7. The standard InChI is InChI=1S/C23H36N4O4/c1-4-31-22(29)23-7-5-19(26-9-11-30-12-10-26)13-18(23)6-8-27(15-23)21(28)14-20-16(2)24-25-17(20)3/h18-19H,4-15H2,1-3H3,(H,24,25)/t18-,19+,23-/m1/s1. The molecule has 1 amide bonds. The summed E-state index contributed by atoms with van der Waals surface area (Å²) in [5.41, 5.74) is 2.19. The molecule has 1 aromatic rings. The first kappa shape index (κ1) is 22.3. The highest BCUT2D eigenvalue weighted by molar-refractivity contribution is 5.82. The molecule has 4 rings (SSSR count). The number of rotatable bonds is 5. The predicted octanol–water partition coefficient (Wildman–Crippen LogP) is 1.85. The van der Waals surface area contributed by atoms with Crippen LogP contribution in [-0.2, 0) is 25.5 Å². The molecule has 3 heterocycles. The van der Waals surface area contributed by atoms with Crippen LogP contribution in [0.25, 0.3) is 0 Å². The second-order valence-electron chi connectivity index (χ2n) is 9.34. The minimum absolute atomic E-state index is 0.0741. The fourth-order valence-corrected chi connectivity index (χ4v) is 5.83. The summed E-state index contributed by atoms with van der Waals surface area (Å²) in [4.78, 5) is 30.8. The van der Waals surface area contributed by atoms with Gasteiger partial charge in [-0.1, -0.05) is 0 Å². The largest absolute Gasteiger partial charge is 0.466 e. The number of aromatic nitrogens is 2. The molecule has 0 aromatic carbocycles. The van der Waals surface area contributed by atoms with E-state index >= 15 is 0 Å². The van der Waals surface area contributed by atoms with E-state index in [4.69, 9.17) is 9.47 Å². The Bertz CT molecular complexity index is 784. The zero-order valence-electron chi connectivity index (χ0n) is 19.1. The molecule has 2 aliphatic heterocycles. The van der Waals surface area contributed by atoms with Gasteiger partial charge in [-0.25, -0.2) is 0 Å². The van der Waals surface area contributed by atoms with Crippen molar-refractivity contribution >= 4 is 11.9 Å². The minimum atomic E-state index is -0.576. The highest BCUT2D eigenvalue weighted by Gasteiger charge is 2.54. The van der Waals surface area contributed by atoms with E-state index in [0.29, 0.717) is 32.2 Å². The summed E-state index contributed by atoms with van der Waals surface area (Å²) in [6, 6.07) is 0.495. The van der Waals surface area contributed by atoms with Gasteiger partial charge in [0.1, 0.15) is 0 Å². The Kier molecular flexibility index (Phi) is 6.67. The molecule has 1 saturated carbocycles. The quantitative estimate of drug-likeness (QED) is 0.715. The number of H-pyrrole nitrogens is 1. The van der Waals surface area contributed by atoms with Gasteiger partial charge >= 0.3 is 5.97 Å². The van der Waals surface area contributed by atoms with Crippen LogP contribution in [0.4, 0.5) is 0 Å². The number of fused-ring (bicyclic) bond motifs is 1. The third kappa shape index (κ3) is 4.37. The van der Waals surface area contributed by atoms with Crippen molar-refractivity contribution in [1.29, 1.82) is 0 Å². The van der Waals surface area contributed by atoms with Crippen molar-refractivity contribution in [3.05, 3.63) is 17.0 Å². The van der Waals surface area contributed by atoms with Gasteiger partial charge in [0.05, 0.1) is 37.4 Å². The summed E-state index contributed by atoms with van der Waals surface area (Å²) in [5.74, 6) is 0.216. The van der Waals surface area contributed by atoms with Crippen LogP contribution in [0.1, 0.15) is 49.6 Å². The number of aromatic amines is 1. The number of nitrogens with zero attached hydrogens (tertiary/aromatic N) is 3. The molecule has 31 heavy (non-hydrogen) atoms. The number of morpholine rings is 1. The van der Waals surface area contributed by atoms with E-state index < -0.39 is 5.41 Å². The molecule has 0 spiro atoms. The lowest BCUT2D eigenvalue weighted by Gasteiger charge is -2.52. The topological polar surface area (TPSA) is 87.8 Å². The molecule has 8 heteroatoms. The van der Waals surface area contributed by atoms with Crippen LogP contribution in [0, 0.1) is 25.2 Å². The van der Waals surface area contributed by atoms with E-state index in [1.54, 1.807) is 0 Å².